The maximum atomic E-state index is 14.0. The number of rotatable bonds is 9. The van der Waals surface area contributed by atoms with E-state index in [0.717, 1.165) is 30.5 Å². The number of aryl methyl sites for hydroxylation is 1. The van der Waals surface area contributed by atoms with Crippen molar-refractivity contribution >= 4 is 11.9 Å². The van der Waals surface area contributed by atoms with Crippen LogP contribution in [0.4, 0.5) is 0 Å². The van der Waals surface area contributed by atoms with Crippen LogP contribution in [0.5, 0.6) is 0 Å². The maximum Gasteiger partial charge on any atom is 0.328 e. The number of carbonyl (C=O) groups excluding carboxylic acids is 2. The molecule has 5 heteroatoms. The summed E-state index contributed by atoms with van der Waals surface area (Å²) in [5.74, 6) is -0.872. The van der Waals surface area contributed by atoms with Crippen LogP contribution in [0.1, 0.15) is 35.4 Å². The van der Waals surface area contributed by atoms with E-state index >= 15 is 0 Å². The second-order valence-corrected chi connectivity index (χ2v) is 9.24. The van der Waals surface area contributed by atoms with Crippen LogP contribution >= 0.6 is 0 Å². The summed E-state index contributed by atoms with van der Waals surface area (Å²) in [5.41, 5.74) is 3.17. The zero-order chi connectivity index (χ0) is 24.6. The Bertz CT molecular complexity index is 1050. The van der Waals surface area contributed by atoms with Crippen molar-refractivity contribution in [3.8, 4) is 0 Å². The standard InChI is InChI=1S/C30H34N2O3/c1-31(20-12-15-23-13-6-3-7-14-23)26-21-27(30(34)35-2)32(22-26)29(33)28(24-16-8-4-9-17-24)25-18-10-5-11-19-25/h3-11,13-14,16-19,26-28H,12,15,20-22H2,1-2H3/t26-,27-/m0/s1. The minimum atomic E-state index is -0.580. The molecule has 4 rings (SSSR count). The van der Waals surface area contributed by atoms with Crippen LogP contribution < -0.4 is 0 Å². The van der Waals surface area contributed by atoms with Crippen molar-refractivity contribution in [1.29, 1.82) is 0 Å². The number of amides is 1. The van der Waals surface area contributed by atoms with E-state index in [1.807, 2.05) is 66.7 Å². The Morgan fingerprint density at radius 3 is 2.00 bits per heavy atom. The molecule has 0 N–H and O–H groups in total. The van der Waals surface area contributed by atoms with E-state index in [1.54, 1.807) is 4.90 Å². The molecule has 1 aliphatic heterocycles. The van der Waals surface area contributed by atoms with E-state index in [2.05, 4.69) is 36.2 Å². The Labute approximate surface area is 208 Å². The summed E-state index contributed by atoms with van der Waals surface area (Å²) < 4.78 is 5.12. The molecule has 0 unspecified atom stereocenters. The average molecular weight is 471 g/mol. The SMILES string of the molecule is COC(=O)[C@@H]1C[C@H](N(C)CCCc2ccccc2)CN1C(=O)C(c1ccccc1)c1ccccc1. The summed E-state index contributed by atoms with van der Waals surface area (Å²) in [6, 6.07) is 29.6. The molecule has 0 spiro atoms. The fourth-order valence-electron chi connectivity index (χ4n) is 5.03. The number of likely N-dealkylation sites (N-methyl/N-ethyl adjacent to an activating group) is 1. The van der Waals surface area contributed by atoms with Gasteiger partial charge >= 0.3 is 5.97 Å². The van der Waals surface area contributed by atoms with Gasteiger partial charge in [0.25, 0.3) is 0 Å². The van der Waals surface area contributed by atoms with E-state index in [-0.39, 0.29) is 17.9 Å². The first-order valence-electron chi connectivity index (χ1n) is 12.3. The lowest BCUT2D eigenvalue weighted by atomic mass is 9.90. The van der Waals surface area contributed by atoms with Crippen molar-refractivity contribution in [3.05, 3.63) is 108 Å². The highest BCUT2D eigenvalue weighted by atomic mass is 16.5. The number of benzene rings is 3. The van der Waals surface area contributed by atoms with Gasteiger partial charge in [0.15, 0.2) is 0 Å². The maximum absolute atomic E-state index is 14.0. The molecular weight excluding hydrogens is 436 g/mol. The number of hydrogen-bond donors (Lipinski definition) is 0. The summed E-state index contributed by atoms with van der Waals surface area (Å²) in [5, 5.41) is 0. The molecule has 0 radical (unpaired) electrons. The van der Waals surface area contributed by atoms with Crippen molar-refractivity contribution in [2.45, 2.75) is 37.3 Å². The van der Waals surface area contributed by atoms with Gasteiger partial charge in [-0.1, -0.05) is 91.0 Å². The quantitative estimate of drug-likeness (QED) is 0.432. The molecule has 2 atom stereocenters. The lowest BCUT2D eigenvalue weighted by Crippen LogP contribution is -2.44. The van der Waals surface area contributed by atoms with Crippen molar-refractivity contribution < 1.29 is 14.3 Å². The molecule has 3 aromatic carbocycles. The number of nitrogens with zero attached hydrogens (tertiary/aromatic N) is 2. The topological polar surface area (TPSA) is 49.9 Å². The van der Waals surface area contributed by atoms with Crippen LogP contribution in [0, 0.1) is 0 Å². The van der Waals surface area contributed by atoms with E-state index < -0.39 is 12.0 Å². The number of hydrogen-bond acceptors (Lipinski definition) is 4. The first-order chi connectivity index (χ1) is 17.1. The summed E-state index contributed by atoms with van der Waals surface area (Å²) in [7, 11) is 3.48. The zero-order valence-electron chi connectivity index (χ0n) is 20.5. The average Bonchev–Trinajstić information content (AvgIpc) is 3.36. The van der Waals surface area contributed by atoms with Crippen molar-refractivity contribution in [2.75, 3.05) is 27.2 Å². The number of ether oxygens (including phenoxy) is 1. The second kappa shape index (κ2) is 11.8. The van der Waals surface area contributed by atoms with Crippen LogP contribution in [0.3, 0.4) is 0 Å². The molecule has 5 nitrogen and oxygen atoms in total. The van der Waals surface area contributed by atoms with Crippen LogP contribution in [0.15, 0.2) is 91.0 Å². The molecule has 182 valence electrons. The first-order valence-corrected chi connectivity index (χ1v) is 12.3. The van der Waals surface area contributed by atoms with Gasteiger partial charge in [-0.3, -0.25) is 4.79 Å². The minimum absolute atomic E-state index is 0.0574. The van der Waals surface area contributed by atoms with Gasteiger partial charge in [-0.2, -0.15) is 0 Å². The molecule has 0 saturated carbocycles. The molecule has 0 aliphatic carbocycles. The molecule has 35 heavy (non-hydrogen) atoms. The largest absolute Gasteiger partial charge is 0.467 e. The molecule has 1 aliphatic rings. The van der Waals surface area contributed by atoms with Crippen molar-refractivity contribution in [2.24, 2.45) is 0 Å². The summed E-state index contributed by atoms with van der Waals surface area (Å²) in [6.07, 6.45) is 2.60. The van der Waals surface area contributed by atoms with Gasteiger partial charge in [0, 0.05) is 12.6 Å². The van der Waals surface area contributed by atoms with Crippen LogP contribution in [0.25, 0.3) is 0 Å². The highest BCUT2D eigenvalue weighted by molar-refractivity contribution is 5.91. The normalized spacial score (nSPS) is 17.7. The van der Waals surface area contributed by atoms with Gasteiger partial charge in [0.1, 0.15) is 6.04 Å². The van der Waals surface area contributed by atoms with Crippen LogP contribution in [-0.4, -0.2) is 61.0 Å². The molecule has 1 amide bonds. The fraction of sp³-hybridized carbons (Fsp3) is 0.333. The van der Waals surface area contributed by atoms with E-state index in [9.17, 15) is 9.59 Å². The van der Waals surface area contributed by atoms with E-state index in [4.69, 9.17) is 4.74 Å². The third-order valence-electron chi connectivity index (χ3n) is 6.99. The summed E-state index contributed by atoms with van der Waals surface area (Å²) >= 11 is 0. The van der Waals surface area contributed by atoms with Gasteiger partial charge in [-0.25, -0.2) is 4.79 Å². The van der Waals surface area contributed by atoms with Gasteiger partial charge in [0.2, 0.25) is 5.91 Å². The predicted molar refractivity (Wildman–Crippen MR) is 138 cm³/mol. The zero-order valence-corrected chi connectivity index (χ0v) is 20.5. The van der Waals surface area contributed by atoms with Crippen LogP contribution in [-0.2, 0) is 20.7 Å². The number of carbonyl (C=O) groups is 2. The van der Waals surface area contributed by atoms with Gasteiger partial charge in [0.05, 0.1) is 13.0 Å². The second-order valence-electron chi connectivity index (χ2n) is 9.24. The Kier molecular flexibility index (Phi) is 8.32. The Morgan fingerprint density at radius 2 is 1.46 bits per heavy atom. The Balaban J connectivity index is 1.52. The molecule has 0 aromatic heterocycles. The predicted octanol–water partition coefficient (Wildman–Crippen LogP) is 4.53. The highest BCUT2D eigenvalue weighted by Crippen LogP contribution is 2.32. The van der Waals surface area contributed by atoms with Crippen molar-refractivity contribution in [3.63, 3.8) is 0 Å². The molecule has 1 fully saturated rings. The van der Waals surface area contributed by atoms with E-state index in [1.165, 1.54) is 12.7 Å². The Morgan fingerprint density at radius 1 is 0.914 bits per heavy atom. The molecule has 1 saturated heterocycles. The highest BCUT2D eigenvalue weighted by Gasteiger charge is 2.44. The number of esters is 1. The third kappa shape index (κ3) is 5.98. The monoisotopic (exact) mass is 470 g/mol. The molecule has 0 bridgehead atoms. The Hall–Kier alpha value is -3.44. The number of likely N-dealkylation sites (tertiary alicyclic amines) is 1. The van der Waals surface area contributed by atoms with Crippen LogP contribution in [0.2, 0.25) is 0 Å². The smallest absolute Gasteiger partial charge is 0.328 e. The minimum Gasteiger partial charge on any atom is -0.467 e. The summed E-state index contributed by atoms with van der Waals surface area (Å²) in [4.78, 5) is 30.8. The van der Waals surface area contributed by atoms with Gasteiger partial charge < -0.3 is 14.5 Å². The van der Waals surface area contributed by atoms with Gasteiger partial charge in [-0.05, 0) is 49.5 Å². The fourth-order valence-corrected chi connectivity index (χ4v) is 5.03. The van der Waals surface area contributed by atoms with Crippen molar-refractivity contribution in [1.82, 2.24) is 9.80 Å². The molecule has 3 aromatic rings. The number of methoxy groups -OCH3 is 1. The van der Waals surface area contributed by atoms with Gasteiger partial charge in [-0.15, -0.1) is 0 Å². The van der Waals surface area contributed by atoms with E-state index in [0.29, 0.717) is 13.0 Å². The molecule has 1 heterocycles. The first kappa shape index (κ1) is 24.7. The lowest BCUT2D eigenvalue weighted by molar-refractivity contribution is -0.151. The lowest BCUT2D eigenvalue weighted by Gasteiger charge is -2.29. The molecular formula is C30H34N2O3. The summed E-state index contributed by atoms with van der Waals surface area (Å²) in [6.45, 7) is 1.41. The third-order valence-corrected chi connectivity index (χ3v) is 6.99.